The van der Waals surface area contributed by atoms with Gasteiger partial charge >= 0.3 is 5.97 Å². The first-order valence-electron chi connectivity index (χ1n) is 5.20. The van der Waals surface area contributed by atoms with E-state index in [1.807, 2.05) is 0 Å². The molecule has 1 heterocycles. The van der Waals surface area contributed by atoms with E-state index in [0.29, 0.717) is 12.2 Å². The Morgan fingerprint density at radius 3 is 2.94 bits per heavy atom. The molecule has 18 heavy (non-hydrogen) atoms. The number of carbonyl (C=O) groups excluding carboxylic acids is 2. The molecule has 0 saturated heterocycles. The van der Waals surface area contributed by atoms with E-state index < -0.39 is 11.8 Å². The maximum Gasteiger partial charge on any atom is 0.379 e. The predicted octanol–water partition coefficient (Wildman–Crippen LogP) is 1.84. The quantitative estimate of drug-likeness (QED) is 0.284. The fourth-order valence-corrected chi connectivity index (χ4v) is 1.48. The zero-order valence-corrected chi connectivity index (χ0v) is 11.5. The summed E-state index contributed by atoms with van der Waals surface area (Å²) < 4.78 is 4.65. The number of rotatable bonds is 6. The van der Waals surface area contributed by atoms with Crippen LogP contribution in [-0.4, -0.2) is 35.7 Å². The lowest BCUT2D eigenvalue weighted by Gasteiger charge is -2.09. The Kier molecular flexibility index (Phi) is 5.75. The highest BCUT2D eigenvalue weighted by Gasteiger charge is 2.21. The summed E-state index contributed by atoms with van der Waals surface area (Å²) in [5.41, 5.74) is 0.564. The average Bonchev–Trinajstić information content (AvgIpc) is 2.36. The molecule has 0 spiro atoms. The molecule has 7 heteroatoms. The number of carbonyl (C=O) groups is 2. The first kappa shape index (κ1) is 14.6. The van der Waals surface area contributed by atoms with E-state index in [-0.39, 0.29) is 17.3 Å². The number of Topliss-reactive ketones (excluding diaryl/α,β-unsaturated/α-hetero) is 1. The van der Waals surface area contributed by atoms with Crippen molar-refractivity contribution in [3.63, 3.8) is 0 Å². The first-order valence-corrected chi connectivity index (χ1v) is 6.15. The van der Waals surface area contributed by atoms with Gasteiger partial charge in [-0.15, -0.1) is 8.86 Å². The van der Waals surface area contributed by atoms with Crippen LogP contribution in [0.2, 0.25) is 5.15 Å². The summed E-state index contributed by atoms with van der Waals surface area (Å²) in [6.45, 7) is 2.23. The minimum Gasteiger partial charge on any atom is -0.460 e. The molecule has 1 aromatic rings. The van der Waals surface area contributed by atoms with Gasteiger partial charge in [0.15, 0.2) is 0 Å². The van der Waals surface area contributed by atoms with Crippen LogP contribution in [0.25, 0.3) is 0 Å². The van der Waals surface area contributed by atoms with Crippen LogP contribution in [0.3, 0.4) is 0 Å². The molecule has 96 valence electrons. The van der Waals surface area contributed by atoms with Gasteiger partial charge in [0.2, 0.25) is 0 Å². The monoisotopic (exact) mass is 286 g/mol. The SMILES string of the molecule is CCOC(=O)C(=O)c1cnc(Cl)cc1NCC=P. The third-order valence-electron chi connectivity index (χ3n) is 1.97. The van der Waals surface area contributed by atoms with Crippen LogP contribution < -0.4 is 5.32 Å². The summed E-state index contributed by atoms with van der Waals surface area (Å²) >= 11 is 5.74. The van der Waals surface area contributed by atoms with Crippen LogP contribution >= 0.6 is 20.5 Å². The Labute approximate surface area is 112 Å². The number of aromatic nitrogens is 1. The van der Waals surface area contributed by atoms with Crippen molar-refractivity contribution in [2.24, 2.45) is 0 Å². The van der Waals surface area contributed by atoms with E-state index in [9.17, 15) is 9.59 Å². The molecule has 0 aliphatic rings. The number of nitrogens with zero attached hydrogens (tertiary/aromatic N) is 1. The lowest BCUT2D eigenvalue weighted by molar-refractivity contribution is -0.137. The normalized spacial score (nSPS) is 9.67. The van der Waals surface area contributed by atoms with Gasteiger partial charge in [0.25, 0.3) is 5.78 Å². The highest BCUT2D eigenvalue weighted by atomic mass is 35.5. The molecule has 5 nitrogen and oxygen atoms in total. The summed E-state index contributed by atoms with van der Waals surface area (Å²) in [4.78, 5) is 27.0. The zero-order chi connectivity index (χ0) is 13.5. The van der Waals surface area contributed by atoms with Gasteiger partial charge in [-0.1, -0.05) is 11.6 Å². The van der Waals surface area contributed by atoms with Gasteiger partial charge in [-0.2, -0.15) is 0 Å². The number of ketones is 1. The number of esters is 1. The highest BCUT2D eigenvalue weighted by Crippen LogP contribution is 2.19. The standard InChI is InChI=1S/C11H12ClN2O3P/c1-2-17-11(16)10(15)7-6-14-9(12)5-8(7)13-3-4-18/h4-6,18H,2-3H2,1H3,(H,13,14). The Bertz CT molecular complexity index is 479. The van der Waals surface area contributed by atoms with Crippen molar-refractivity contribution in [2.45, 2.75) is 6.92 Å². The van der Waals surface area contributed by atoms with Crippen molar-refractivity contribution in [1.82, 2.24) is 4.98 Å². The van der Waals surface area contributed by atoms with E-state index in [4.69, 9.17) is 11.6 Å². The molecule has 0 aliphatic heterocycles. The summed E-state index contributed by atoms with van der Waals surface area (Å²) in [6, 6.07) is 1.48. The number of hydrogen-bond donors (Lipinski definition) is 1. The van der Waals surface area contributed by atoms with E-state index >= 15 is 0 Å². The Balaban J connectivity index is 3.02. The third-order valence-corrected chi connectivity index (χ3v) is 2.38. The van der Waals surface area contributed by atoms with Gasteiger partial charge in [-0.25, -0.2) is 9.78 Å². The van der Waals surface area contributed by atoms with E-state index in [1.54, 1.807) is 12.7 Å². The average molecular weight is 287 g/mol. The third kappa shape index (κ3) is 3.79. The fraction of sp³-hybridized carbons (Fsp3) is 0.273. The van der Waals surface area contributed by atoms with Crippen molar-refractivity contribution >= 4 is 43.7 Å². The minimum absolute atomic E-state index is 0.131. The molecule has 0 atom stereocenters. The van der Waals surface area contributed by atoms with Crippen LogP contribution in [-0.2, 0) is 9.53 Å². The summed E-state index contributed by atoms with van der Waals surface area (Å²) in [7, 11) is 3.17. The molecular formula is C11H12ClN2O3P. The molecule has 0 unspecified atom stereocenters. The lowest BCUT2D eigenvalue weighted by Crippen LogP contribution is -2.19. The first-order chi connectivity index (χ1) is 8.60. The molecule has 0 amide bonds. The number of anilines is 1. The van der Waals surface area contributed by atoms with Crippen LogP contribution in [0.4, 0.5) is 5.69 Å². The van der Waals surface area contributed by atoms with Gasteiger partial charge in [0.05, 0.1) is 17.9 Å². The lowest BCUT2D eigenvalue weighted by atomic mass is 10.1. The molecule has 0 saturated carbocycles. The summed E-state index contributed by atoms with van der Waals surface area (Å²) in [5, 5.41) is 3.15. The number of halogens is 1. The van der Waals surface area contributed by atoms with Gasteiger partial charge < -0.3 is 10.1 Å². The maximum absolute atomic E-state index is 11.8. The Morgan fingerprint density at radius 2 is 2.33 bits per heavy atom. The van der Waals surface area contributed by atoms with Crippen LogP contribution in [0.1, 0.15) is 17.3 Å². The molecule has 0 bridgehead atoms. The van der Waals surface area contributed by atoms with Gasteiger partial charge in [-0.3, -0.25) is 4.79 Å². The van der Waals surface area contributed by atoms with Crippen molar-refractivity contribution in [3.8, 4) is 0 Å². The second kappa shape index (κ2) is 7.09. The molecule has 1 rings (SSSR count). The summed E-state index contributed by atoms with van der Waals surface area (Å²) in [5.74, 6) is 0.0111. The van der Waals surface area contributed by atoms with Crippen molar-refractivity contribution in [1.29, 1.82) is 0 Å². The molecule has 0 aromatic carbocycles. The van der Waals surface area contributed by atoms with Crippen molar-refractivity contribution in [3.05, 3.63) is 23.0 Å². The maximum atomic E-state index is 11.8. The predicted molar refractivity (Wildman–Crippen MR) is 73.1 cm³/mol. The smallest absolute Gasteiger partial charge is 0.379 e. The summed E-state index contributed by atoms with van der Waals surface area (Å²) in [6.07, 6.45) is 1.25. The molecular weight excluding hydrogens is 275 g/mol. The van der Waals surface area contributed by atoms with Crippen LogP contribution in [0.5, 0.6) is 0 Å². The number of hydrogen-bond acceptors (Lipinski definition) is 5. The van der Waals surface area contributed by atoms with Gasteiger partial charge in [-0.05, 0) is 18.8 Å². The van der Waals surface area contributed by atoms with E-state index in [1.165, 1.54) is 12.3 Å². The Hall–Kier alpha value is -1.45. The van der Waals surface area contributed by atoms with E-state index in [0.717, 1.165) is 0 Å². The zero-order valence-electron chi connectivity index (χ0n) is 9.70. The Morgan fingerprint density at radius 1 is 1.61 bits per heavy atom. The number of pyridine rings is 1. The second-order valence-electron chi connectivity index (χ2n) is 3.19. The van der Waals surface area contributed by atoms with Gasteiger partial charge in [0.1, 0.15) is 5.15 Å². The topological polar surface area (TPSA) is 68.3 Å². The molecule has 1 N–H and O–H groups in total. The number of ether oxygens (including phenoxy) is 1. The van der Waals surface area contributed by atoms with Crippen LogP contribution in [0, 0.1) is 0 Å². The van der Waals surface area contributed by atoms with Gasteiger partial charge in [0, 0.05) is 12.7 Å². The second-order valence-corrected chi connectivity index (χ2v) is 3.98. The number of nitrogens with one attached hydrogen (secondary N) is 1. The highest BCUT2D eigenvalue weighted by molar-refractivity contribution is 7.18. The van der Waals surface area contributed by atoms with Crippen molar-refractivity contribution < 1.29 is 14.3 Å². The van der Waals surface area contributed by atoms with E-state index in [2.05, 4.69) is 23.9 Å². The molecule has 0 aliphatic carbocycles. The fourth-order valence-electron chi connectivity index (χ4n) is 1.22. The van der Waals surface area contributed by atoms with Crippen molar-refractivity contribution in [2.75, 3.05) is 18.5 Å². The molecule has 1 aromatic heterocycles. The van der Waals surface area contributed by atoms with Crippen LogP contribution in [0.15, 0.2) is 12.3 Å². The molecule has 0 radical (unpaired) electrons. The minimum atomic E-state index is -0.910. The molecule has 0 fully saturated rings. The largest absolute Gasteiger partial charge is 0.460 e.